The minimum atomic E-state index is -1.40. The lowest BCUT2D eigenvalue weighted by atomic mass is 9.89. The number of urea groups is 1. The van der Waals surface area contributed by atoms with Gasteiger partial charge in [-0.15, -0.1) is 0 Å². The fourth-order valence-corrected chi connectivity index (χ4v) is 2.68. The smallest absolute Gasteiger partial charge is 0.322 e. The first kappa shape index (κ1) is 15.7. The molecule has 2 aromatic carbocycles. The number of nitrogens with one attached hydrogen (secondary N) is 2. The molecule has 1 saturated heterocycles. The third-order valence-electron chi connectivity index (χ3n) is 4.19. The van der Waals surface area contributed by atoms with E-state index >= 15 is 0 Å². The van der Waals surface area contributed by atoms with E-state index in [4.69, 9.17) is 5.26 Å². The van der Waals surface area contributed by atoms with E-state index in [9.17, 15) is 14.7 Å². The SMILES string of the molecule is CC1(C(O)c2ccc(-c3ccc(C#N)cc3)cc2)NC(=O)NC1=O. The van der Waals surface area contributed by atoms with Crippen molar-refractivity contribution in [3.8, 4) is 17.2 Å². The molecule has 24 heavy (non-hydrogen) atoms. The highest BCUT2D eigenvalue weighted by molar-refractivity contribution is 6.07. The fraction of sp³-hybridized carbons (Fsp3) is 0.167. The second kappa shape index (κ2) is 5.80. The van der Waals surface area contributed by atoms with Crippen LogP contribution in [0.2, 0.25) is 0 Å². The van der Waals surface area contributed by atoms with Crippen LogP contribution in [0, 0.1) is 11.3 Å². The first-order valence-corrected chi connectivity index (χ1v) is 7.36. The maximum Gasteiger partial charge on any atom is 0.322 e. The molecule has 0 spiro atoms. The molecule has 1 heterocycles. The Bertz CT molecular complexity index is 837. The molecule has 1 fully saturated rings. The van der Waals surface area contributed by atoms with E-state index in [0.29, 0.717) is 11.1 Å². The molecule has 0 saturated carbocycles. The van der Waals surface area contributed by atoms with Gasteiger partial charge >= 0.3 is 6.03 Å². The average molecular weight is 321 g/mol. The van der Waals surface area contributed by atoms with Gasteiger partial charge in [0.25, 0.3) is 5.91 Å². The van der Waals surface area contributed by atoms with Gasteiger partial charge in [0, 0.05) is 0 Å². The van der Waals surface area contributed by atoms with E-state index in [-0.39, 0.29) is 0 Å². The number of imide groups is 1. The summed E-state index contributed by atoms with van der Waals surface area (Å²) in [7, 11) is 0. The van der Waals surface area contributed by atoms with Gasteiger partial charge in [-0.2, -0.15) is 5.26 Å². The summed E-state index contributed by atoms with van der Waals surface area (Å²) in [6.07, 6.45) is -1.17. The summed E-state index contributed by atoms with van der Waals surface area (Å²) >= 11 is 0. The topological polar surface area (TPSA) is 102 Å². The van der Waals surface area contributed by atoms with Crippen molar-refractivity contribution >= 4 is 11.9 Å². The maximum atomic E-state index is 11.9. The second-order valence-electron chi connectivity index (χ2n) is 5.82. The van der Waals surface area contributed by atoms with E-state index in [2.05, 4.69) is 16.7 Å². The molecule has 0 radical (unpaired) electrons. The number of carbonyl (C=O) groups is 2. The van der Waals surface area contributed by atoms with Crippen LogP contribution >= 0.6 is 0 Å². The number of amides is 3. The first-order valence-electron chi connectivity index (χ1n) is 7.36. The van der Waals surface area contributed by atoms with Crippen molar-refractivity contribution in [2.24, 2.45) is 0 Å². The fourth-order valence-electron chi connectivity index (χ4n) is 2.68. The molecular formula is C18H15N3O3. The van der Waals surface area contributed by atoms with Crippen LogP contribution in [0.3, 0.4) is 0 Å². The summed E-state index contributed by atoms with van der Waals surface area (Å²) in [5.74, 6) is -0.559. The highest BCUT2D eigenvalue weighted by Gasteiger charge is 2.48. The molecule has 3 amide bonds. The van der Waals surface area contributed by atoms with Crippen LogP contribution in [0.4, 0.5) is 4.79 Å². The Morgan fingerprint density at radius 1 is 1.04 bits per heavy atom. The molecule has 3 N–H and O–H groups in total. The molecule has 2 atom stereocenters. The molecule has 2 aromatic rings. The van der Waals surface area contributed by atoms with Crippen molar-refractivity contribution < 1.29 is 14.7 Å². The Morgan fingerprint density at radius 2 is 1.58 bits per heavy atom. The maximum absolute atomic E-state index is 11.9. The predicted octanol–water partition coefficient (Wildman–Crippen LogP) is 1.86. The Balaban J connectivity index is 1.85. The monoisotopic (exact) mass is 321 g/mol. The van der Waals surface area contributed by atoms with E-state index in [0.717, 1.165) is 11.1 Å². The Labute approximate surface area is 138 Å². The lowest BCUT2D eigenvalue weighted by Crippen LogP contribution is -2.49. The van der Waals surface area contributed by atoms with Crippen LogP contribution in [-0.2, 0) is 4.79 Å². The number of aliphatic hydroxyl groups is 1. The van der Waals surface area contributed by atoms with E-state index in [1.54, 1.807) is 24.3 Å². The third kappa shape index (κ3) is 2.62. The number of aliphatic hydroxyl groups excluding tert-OH is 1. The minimum Gasteiger partial charge on any atom is -0.385 e. The Hall–Kier alpha value is -3.17. The standard InChI is InChI=1S/C18H15N3O3/c1-18(16(23)20-17(24)21-18)15(22)14-8-6-13(7-9-14)12-4-2-11(10-19)3-5-12/h2-9,15,22H,1H3,(H2,20,21,23,24). The summed E-state index contributed by atoms with van der Waals surface area (Å²) in [4.78, 5) is 23.2. The van der Waals surface area contributed by atoms with Gasteiger partial charge in [0.15, 0.2) is 0 Å². The van der Waals surface area contributed by atoms with Crippen molar-refractivity contribution in [1.29, 1.82) is 5.26 Å². The summed E-state index contributed by atoms with van der Waals surface area (Å²) < 4.78 is 0. The van der Waals surface area contributed by atoms with Crippen LogP contribution in [0.1, 0.15) is 24.2 Å². The van der Waals surface area contributed by atoms with Gasteiger partial charge in [-0.05, 0) is 35.7 Å². The van der Waals surface area contributed by atoms with Crippen molar-refractivity contribution in [2.75, 3.05) is 0 Å². The number of carbonyl (C=O) groups excluding carboxylic acids is 2. The number of hydrogen-bond acceptors (Lipinski definition) is 4. The van der Waals surface area contributed by atoms with E-state index < -0.39 is 23.6 Å². The Kier molecular flexibility index (Phi) is 3.80. The zero-order valence-corrected chi connectivity index (χ0v) is 12.9. The molecule has 0 bridgehead atoms. The molecule has 3 rings (SSSR count). The molecule has 1 aliphatic rings. The van der Waals surface area contributed by atoms with Crippen LogP contribution in [0.15, 0.2) is 48.5 Å². The van der Waals surface area contributed by atoms with Gasteiger partial charge < -0.3 is 10.4 Å². The molecule has 0 aromatic heterocycles. The highest BCUT2D eigenvalue weighted by Crippen LogP contribution is 2.30. The van der Waals surface area contributed by atoms with Crippen LogP contribution in [0.5, 0.6) is 0 Å². The zero-order chi connectivity index (χ0) is 17.3. The first-order chi connectivity index (χ1) is 11.4. The summed E-state index contributed by atoms with van der Waals surface area (Å²) in [6.45, 7) is 1.48. The molecule has 0 aliphatic carbocycles. The van der Waals surface area contributed by atoms with Gasteiger partial charge in [0.1, 0.15) is 11.6 Å². The van der Waals surface area contributed by atoms with Crippen LogP contribution in [-0.4, -0.2) is 22.6 Å². The number of nitriles is 1. The van der Waals surface area contributed by atoms with Crippen molar-refractivity contribution in [3.63, 3.8) is 0 Å². The number of nitrogens with zero attached hydrogens (tertiary/aromatic N) is 1. The van der Waals surface area contributed by atoms with Crippen molar-refractivity contribution in [1.82, 2.24) is 10.6 Å². The van der Waals surface area contributed by atoms with Gasteiger partial charge in [-0.1, -0.05) is 36.4 Å². The lowest BCUT2D eigenvalue weighted by Gasteiger charge is -2.27. The quantitative estimate of drug-likeness (QED) is 0.751. The largest absolute Gasteiger partial charge is 0.385 e. The number of rotatable bonds is 3. The van der Waals surface area contributed by atoms with Gasteiger partial charge in [-0.3, -0.25) is 10.1 Å². The van der Waals surface area contributed by atoms with E-state index in [1.165, 1.54) is 6.92 Å². The molecule has 1 aliphatic heterocycles. The zero-order valence-electron chi connectivity index (χ0n) is 12.9. The van der Waals surface area contributed by atoms with Gasteiger partial charge in [-0.25, -0.2) is 4.79 Å². The predicted molar refractivity (Wildman–Crippen MR) is 86.6 cm³/mol. The van der Waals surface area contributed by atoms with Gasteiger partial charge in [0.2, 0.25) is 0 Å². The molecule has 2 unspecified atom stereocenters. The summed E-state index contributed by atoms with van der Waals surface area (Å²) in [5, 5.41) is 23.9. The molecule has 6 heteroatoms. The number of hydrogen-bond donors (Lipinski definition) is 3. The van der Waals surface area contributed by atoms with Crippen molar-refractivity contribution in [3.05, 3.63) is 59.7 Å². The van der Waals surface area contributed by atoms with Crippen LogP contribution < -0.4 is 10.6 Å². The lowest BCUT2D eigenvalue weighted by molar-refractivity contribution is -0.127. The van der Waals surface area contributed by atoms with Gasteiger partial charge in [0.05, 0.1) is 11.6 Å². The average Bonchev–Trinajstić information content (AvgIpc) is 2.87. The normalized spacial score (nSPS) is 20.9. The molecule has 120 valence electrons. The molecular weight excluding hydrogens is 306 g/mol. The van der Waals surface area contributed by atoms with Crippen LogP contribution in [0.25, 0.3) is 11.1 Å². The van der Waals surface area contributed by atoms with E-state index in [1.807, 2.05) is 24.3 Å². The second-order valence-corrected chi connectivity index (χ2v) is 5.82. The molecule has 6 nitrogen and oxygen atoms in total. The number of benzene rings is 2. The Morgan fingerprint density at radius 3 is 2.04 bits per heavy atom. The minimum absolute atomic E-state index is 0.521. The highest BCUT2D eigenvalue weighted by atomic mass is 16.3. The third-order valence-corrected chi connectivity index (χ3v) is 4.19. The summed E-state index contributed by atoms with van der Waals surface area (Å²) in [5.41, 5.74) is 1.56. The summed E-state index contributed by atoms with van der Waals surface area (Å²) in [6, 6.07) is 15.7. The van der Waals surface area contributed by atoms with Crippen molar-refractivity contribution in [2.45, 2.75) is 18.6 Å².